The van der Waals surface area contributed by atoms with Gasteiger partial charge in [0.25, 0.3) is 0 Å². The molecule has 0 bridgehead atoms. The molecule has 1 atom stereocenters. The molecule has 0 amide bonds. The Bertz CT molecular complexity index is 521. The molecule has 1 N–H and O–H groups in total. The highest BCUT2D eigenvalue weighted by molar-refractivity contribution is 5.50. The zero-order valence-electron chi connectivity index (χ0n) is 8.73. The van der Waals surface area contributed by atoms with E-state index in [2.05, 4.69) is 21.3 Å². The third kappa shape index (κ3) is 1.77. The predicted molar refractivity (Wildman–Crippen MR) is 59.6 cm³/mol. The molecule has 0 aliphatic heterocycles. The molecule has 1 unspecified atom stereocenters. The minimum atomic E-state index is -0.0669. The van der Waals surface area contributed by atoms with Crippen LogP contribution < -0.4 is 5.32 Å². The van der Waals surface area contributed by atoms with E-state index in [9.17, 15) is 0 Å². The van der Waals surface area contributed by atoms with Crippen molar-refractivity contribution in [3.63, 3.8) is 0 Å². The molecular formula is C11H12N4. The highest BCUT2D eigenvalue weighted by Crippen LogP contribution is 2.10. The Morgan fingerprint density at radius 1 is 1.60 bits per heavy atom. The molecule has 0 fully saturated rings. The Morgan fingerprint density at radius 2 is 2.40 bits per heavy atom. The zero-order chi connectivity index (χ0) is 10.8. The van der Waals surface area contributed by atoms with Crippen molar-refractivity contribution in [3.05, 3.63) is 23.9 Å². The van der Waals surface area contributed by atoms with Crippen LogP contribution in [0, 0.1) is 19.3 Å². The monoisotopic (exact) mass is 200 g/mol. The average molecular weight is 200 g/mol. The number of terminal acetylenes is 1. The van der Waals surface area contributed by atoms with Gasteiger partial charge in [-0.3, -0.25) is 0 Å². The fraction of sp³-hybridized carbons (Fsp3) is 0.273. The van der Waals surface area contributed by atoms with E-state index < -0.39 is 0 Å². The van der Waals surface area contributed by atoms with Crippen molar-refractivity contribution >= 4 is 11.6 Å². The molecule has 0 saturated heterocycles. The maximum Gasteiger partial charge on any atom is 0.244 e. The van der Waals surface area contributed by atoms with Gasteiger partial charge in [-0.1, -0.05) is 12.0 Å². The van der Waals surface area contributed by atoms with Crippen molar-refractivity contribution in [1.29, 1.82) is 0 Å². The highest BCUT2D eigenvalue weighted by atomic mass is 15.3. The number of nitrogens with zero attached hydrogens (tertiary/aromatic N) is 3. The number of hydrogen-bond acceptors (Lipinski definition) is 3. The van der Waals surface area contributed by atoms with Gasteiger partial charge in [-0.15, -0.1) is 11.5 Å². The molecule has 2 heterocycles. The summed E-state index contributed by atoms with van der Waals surface area (Å²) in [4.78, 5) is 4.35. The van der Waals surface area contributed by atoms with Gasteiger partial charge in [0, 0.05) is 6.20 Å². The van der Waals surface area contributed by atoms with Crippen molar-refractivity contribution in [2.24, 2.45) is 0 Å². The van der Waals surface area contributed by atoms with E-state index in [4.69, 9.17) is 6.42 Å². The Labute approximate surface area is 88.3 Å². The first-order chi connectivity index (χ1) is 7.20. The predicted octanol–water partition coefficient (Wildman–Crippen LogP) is 1.47. The first-order valence-corrected chi connectivity index (χ1v) is 4.75. The molecule has 4 nitrogen and oxygen atoms in total. The van der Waals surface area contributed by atoms with Crippen molar-refractivity contribution in [3.8, 4) is 12.3 Å². The fourth-order valence-electron chi connectivity index (χ4n) is 1.34. The quantitative estimate of drug-likeness (QED) is 0.746. The minimum absolute atomic E-state index is 0.0669. The molecule has 0 radical (unpaired) electrons. The number of aryl methyl sites for hydroxylation is 1. The lowest BCUT2D eigenvalue weighted by Gasteiger charge is -2.02. The van der Waals surface area contributed by atoms with Crippen LogP contribution in [0.25, 0.3) is 5.65 Å². The number of nitrogens with one attached hydrogen (secondary N) is 1. The summed E-state index contributed by atoms with van der Waals surface area (Å²) in [6.07, 6.45) is 7.13. The van der Waals surface area contributed by atoms with Gasteiger partial charge in [-0.25, -0.2) is 4.52 Å². The van der Waals surface area contributed by atoms with Crippen LogP contribution in [0.4, 0.5) is 5.95 Å². The Morgan fingerprint density at radius 3 is 3.07 bits per heavy atom. The molecule has 4 heteroatoms. The van der Waals surface area contributed by atoms with Crippen LogP contribution in [0.2, 0.25) is 0 Å². The Hall–Kier alpha value is -2.02. The molecule has 2 rings (SSSR count). The summed E-state index contributed by atoms with van der Waals surface area (Å²) in [5.41, 5.74) is 1.94. The third-order valence-corrected chi connectivity index (χ3v) is 2.15. The zero-order valence-corrected chi connectivity index (χ0v) is 8.73. The molecule has 2 aromatic rings. The smallest absolute Gasteiger partial charge is 0.244 e. The summed E-state index contributed by atoms with van der Waals surface area (Å²) in [5.74, 6) is 3.14. The van der Waals surface area contributed by atoms with E-state index in [0.29, 0.717) is 5.95 Å². The maximum absolute atomic E-state index is 5.27. The van der Waals surface area contributed by atoms with Crippen LogP contribution in [0.1, 0.15) is 12.5 Å². The second-order valence-electron chi connectivity index (χ2n) is 3.43. The summed E-state index contributed by atoms with van der Waals surface area (Å²) in [5, 5.41) is 7.29. The number of anilines is 1. The van der Waals surface area contributed by atoms with E-state index in [1.54, 1.807) is 4.52 Å². The van der Waals surface area contributed by atoms with Crippen LogP contribution in [0.5, 0.6) is 0 Å². The molecule has 0 aromatic carbocycles. The van der Waals surface area contributed by atoms with Gasteiger partial charge < -0.3 is 5.32 Å². The standard InChI is InChI=1S/C11H12N4/c1-4-9(3)12-11-13-10-8(2)6-5-7-15(10)14-11/h1,5-7,9H,2-3H3,(H,12,14). The van der Waals surface area contributed by atoms with Crippen LogP contribution in [-0.2, 0) is 0 Å². The molecule has 76 valence electrons. The fourth-order valence-corrected chi connectivity index (χ4v) is 1.34. The van der Waals surface area contributed by atoms with Crippen LogP contribution in [0.15, 0.2) is 18.3 Å². The lowest BCUT2D eigenvalue weighted by Crippen LogP contribution is -2.13. The molecule has 15 heavy (non-hydrogen) atoms. The number of hydrogen-bond donors (Lipinski definition) is 1. The van der Waals surface area contributed by atoms with Gasteiger partial charge in [0.1, 0.15) is 0 Å². The largest absolute Gasteiger partial charge is 0.340 e. The molecule has 0 spiro atoms. The van der Waals surface area contributed by atoms with Gasteiger partial charge in [0.2, 0.25) is 5.95 Å². The minimum Gasteiger partial charge on any atom is -0.340 e. The number of aromatic nitrogens is 3. The van der Waals surface area contributed by atoms with Crippen molar-refractivity contribution < 1.29 is 0 Å². The summed E-state index contributed by atoms with van der Waals surface area (Å²) < 4.78 is 1.74. The number of pyridine rings is 1. The van der Waals surface area contributed by atoms with E-state index in [-0.39, 0.29) is 6.04 Å². The van der Waals surface area contributed by atoms with Crippen LogP contribution >= 0.6 is 0 Å². The van der Waals surface area contributed by atoms with E-state index in [0.717, 1.165) is 11.2 Å². The van der Waals surface area contributed by atoms with E-state index in [1.165, 1.54) is 0 Å². The first-order valence-electron chi connectivity index (χ1n) is 4.75. The van der Waals surface area contributed by atoms with E-state index >= 15 is 0 Å². The Kier molecular flexibility index (Phi) is 2.30. The molecule has 2 aromatic heterocycles. The average Bonchev–Trinajstić information content (AvgIpc) is 2.62. The normalized spacial score (nSPS) is 12.3. The van der Waals surface area contributed by atoms with Gasteiger partial charge in [-0.05, 0) is 25.5 Å². The second kappa shape index (κ2) is 3.62. The lowest BCUT2D eigenvalue weighted by molar-refractivity contribution is 0.930. The lowest BCUT2D eigenvalue weighted by atomic mass is 10.3. The maximum atomic E-state index is 5.27. The van der Waals surface area contributed by atoms with Gasteiger partial charge >= 0.3 is 0 Å². The SMILES string of the molecule is C#CC(C)Nc1nc2c(C)cccn2n1. The summed E-state index contributed by atoms with van der Waals surface area (Å²) in [6, 6.07) is 3.87. The van der Waals surface area contributed by atoms with Crippen molar-refractivity contribution in [2.45, 2.75) is 19.9 Å². The van der Waals surface area contributed by atoms with Crippen LogP contribution in [0.3, 0.4) is 0 Å². The number of rotatable bonds is 2. The summed E-state index contributed by atoms with van der Waals surface area (Å²) in [6.45, 7) is 3.89. The first kappa shape index (κ1) is 9.53. The topological polar surface area (TPSA) is 42.2 Å². The van der Waals surface area contributed by atoms with Gasteiger partial charge in [-0.2, -0.15) is 4.98 Å². The van der Waals surface area contributed by atoms with Crippen molar-refractivity contribution in [2.75, 3.05) is 5.32 Å². The van der Waals surface area contributed by atoms with Crippen molar-refractivity contribution in [1.82, 2.24) is 14.6 Å². The molecule has 0 aliphatic rings. The molecular weight excluding hydrogens is 188 g/mol. The van der Waals surface area contributed by atoms with Crippen LogP contribution in [-0.4, -0.2) is 20.6 Å². The van der Waals surface area contributed by atoms with Gasteiger partial charge in [0.15, 0.2) is 5.65 Å². The van der Waals surface area contributed by atoms with Gasteiger partial charge in [0.05, 0.1) is 6.04 Å². The third-order valence-electron chi connectivity index (χ3n) is 2.15. The summed E-state index contributed by atoms with van der Waals surface area (Å²) in [7, 11) is 0. The number of fused-ring (bicyclic) bond motifs is 1. The van der Waals surface area contributed by atoms with E-state index in [1.807, 2.05) is 32.2 Å². The summed E-state index contributed by atoms with van der Waals surface area (Å²) >= 11 is 0. The molecule has 0 saturated carbocycles. The molecule has 0 aliphatic carbocycles. The Balaban J connectivity index is 2.40. The second-order valence-corrected chi connectivity index (χ2v) is 3.43. The highest BCUT2D eigenvalue weighted by Gasteiger charge is 2.06.